The van der Waals surface area contributed by atoms with Crippen molar-refractivity contribution in [2.45, 2.75) is 0 Å². The zero-order valence-electron chi connectivity index (χ0n) is 7.34. The van der Waals surface area contributed by atoms with E-state index in [0.29, 0.717) is 5.56 Å². The van der Waals surface area contributed by atoms with Gasteiger partial charge in [0.1, 0.15) is 0 Å². The van der Waals surface area contributed by atoms with Crippen molar-refractivity contribution in [2.75, 3.05) is 0 Å². The number of carbonyl (C=O) groups excluding carboxylic acids is 2. The summed E-state index contributed by atoms with van der Waals surface area (Å²) in [7, 11) is 0. The van der Waals surface area contributed by atoms with Gasteiger partial charge in [-0.15, -0.1) is 12.1 Å². The van der Waals surface area contributed by atoms with E-state index in [2.05, 4.69) is 0 Å². The van der Waals surface area contributed by atoms with Crippen LogP contribution in [0.4, 0.5) is 4.79 Å². The molecule has 0 aromatic heterocycles. The van der Waals surface area contributed by atoms with Crippen LogP contribution >= 0.6 is 0 Å². The van der Waals surface area contributed by atoms with Crippen LogP contribution < -0.4 is 29.1 Å². The van der Waals surface area contributed by atoms with Gasteiger partial charge in [-0.1, -0.05) is 6.07 Å². The maximum absolute atomic E-state index is 9.88. The van der Waals surface area contributed by atoms with Gasteiger partial charge in [-0.25, -0.2) is 0 Å². The van der Waals surface area contributed by atoms with Crippen LogP contribution in [0.1, 0.15) is 5.56 Å². The number of hydrogen-bond donors (Lipinski definition) is 0. The first-order valence-corrected chi connectivity index (χ1v) is 2.98. The number of rotatable bonds is 1. The summed E-state index contributed by atoms with van der Waals surface area (Å²) < 4.78 is 0. The molecule has 0 saturated carbocycles. The van der Waals surface area contributed by atoms with Crippen LogP contribution in [0.25, 0.3) is 0 Å². The Balaban J connectivity index is -0.000000180. The molecule has 0 fully saturated rings. The molecule has 0 saturated heterocycles. The van der Waals surface area contributed by atoms with E-state index in [1.165, 1.54) is 0 Å². The van der Waals surface area contributed by atoms with Crippen molar-refractivity contribution in [1.82, 2.24) is 0 Å². The Hall–Kier alpha value is -0.749. The Bertz CT molecular complexity index is 249. The second-order valence-electron chi connectivity index (χ2n) is 1.72. The molecule has 0 spiro atoms. The smallest absolute Gasteiger partial charge is 0.652 e. The first-order valence-electron chi connectivity index (χ1n) is 2.98. The molecule has 72 valence electrons. The second kappa shape index (κ2) is 12.3. The van der Waals surface area contributed by atoms with E-state index >= 15 is 0 Å². The average Bonchev–Trinajstić information content (AvgIpc) is 2.05. The summed E-state index contributed by atoms with van der Waals surface area (Å²) in [4.78, 5) is 18.2. The van der Waals surface area contributed by atoms with Crippen molar-refractivity contribution in [1.29, 1.82) is 0 Å². The molecule has 0 aliphatic rings. The minimum Gasteiger partial charge on any atom is -0.652 e. The van der Waals surface area contributed by atoms with Gasteiger partial charge in [0.15, 0.2) is 0 Å². The van der Waals surface area contributed by atoms with Gasteiger partial charge < -0.3 is 19.8 Å². The summed E-state index contributed by atoms with van der Waals surface area (Å²) in [6.07, 6.45) is -0.556. The molecular weight excluding hydrogens is 226 g/mol. The fraction of sp³-hybridized carbons (Fsp3) is 0. The predicted molar refractivity (Wildman–Crippen MR) is 36.6 cm³/mol. The Morgan fingerprint density at radius 2 is 1.50 bits per heavy atom. The molecule has 1 aromatic rings. The summed E-state index contributed by atoms with van der Waals surface area (Å²) >= 11 is 0. The molecule has 0 amide bonds. The topological polar surface area (TPSA) is 80.3 Å². The summed E-state index contributed by atoms with van der Waals surface area (Å²) in [6, 6.07) is 8.90. The van der Waals surface area contributed by atoms with Gasteiger partial charge in [0.05, 0.1) is 6.29 Å². The van der Waals surface area contributed by atoms with Gasteiger partial charge in [0.2, 0.25) is 0 Å². The van der Waals surface area contributed by atoms with E-state index in [0.717, 1.165) is 0 Å². The maximum Gasteiger partial charge on any atom is 2.00 e. The van der Waals surface area contributed by atoms with E-state index in [1.807, 2.05) is 6.07 Å². The van der Waals surface area contributed by atoms with E-state index in [4.69, 9.17) is 15.0 Å². The third-order valence-electron chi connectivity index (χ3n) is 0.892. The number of carbonyl (C=O) groups is 1. The maximum atomic E-state index is 9.88. The first kappa shape index (κ1) is 18.9. The van der Waals surface area contributed by atoms with Crippen molar-refractivity contribution in [3.63, 3.8) is 0 Å². The van der Waals surface area contributed by atoms with Crippen molar-refractivity contribution in [3.8, 4) is 0 Å². The van der Waals surface area contributed by atoms with E-state index in [1.54, 1.807) is 30.6 Å². The van der Waals surface area contributed by atoms with Crippen LogP contribution in [0.5, 0.6) is 0 Å². The first-order chi connectivity index (χ1) is 5.66. The molecule has 0 N–H and O–H groups in total. The summed E-state index contributed by atoms with van der Waals surface area (Å²) in [5.41, 5.74) is 0.604. The van der Waals surface area contributed by atoms with Gasteiger partial charge in [0, 0.05) is 0 Å². The SMILES string of the molecule is O=C([O-])[O-].O=[C-]c1ccccc1.[Li+].[Ni+2]. The molecule has 0 atom stereocenters. The minimum atomic E-state index is -2.33. The minimum absolute atomic E-state index is 0. The Morgan fingerprint density at radius 1 is 1.14 bits per heavy atom. The molecule has 0 aliphatic heterocycles. The third-order valence-corrected chi connectivity index (χ3v) is 0.892. The number of benzene rings is 1. The monoisotopic (exact) mass is 230 g/mol. The molecule has 4 nitrogen and oxygen atoms in total. The van der Waals surface area contributed by atoms with Crippen molar-refractivity contribution >= 4 is 12.4 Å². The van der Waals surface area contributed by atoms with Crippen LogP contribution in [0.3, 0.4) is 0 Å². The molecule has 0 aliphatic carbocycles. The zero-order chi connectivity index (χ0) is 9.40. The van der Waals surface area contributed by atoms with Crippen LogP contribution in [0.15, 0.2) is 30.3 Å². The van der Waals surface area contributed by atoms with Gasteiger partial charge in [-0.05, 0) is 6.16 Å². The van der Waals surface area contributed by atoms with Gasteiger partial charge in [-0.3, -0.25) is 0 Å². The number of hydrogen-bond acceptors (Lipinski definition) is 4. The van der Waals surface area contributed by atoms with Crippen LogP contribution in [-0.4, -0.2) is 12.4 Å². The fourth-order valence-corrected chi connectivity index (χ4v) is 0.506. The number of carboxylic acid groups (broad SMARTS) is 2. The fourth-order valence-electron chi connectivity index (χ4n) is 0.506. The van der Waals surface area contributed by atoms with Crippen molar-refractivity contribution in [3.05, 3.63) is 35.9 Å². The van der Waals surface area contributed by atoms with E-state index in [9.17, 15) is 4.79 Å². The zero-order valence-corrected chi connectivity index (χ0v) is 8.32. The van der Waals surface area contributed by atoms with Gasteiger partial charge in [-0.2, -0.15) is 17.7 Å². The molecular formula is C8H5LiNiO4. The van der Waals surface area contributed by atoms with Crippen LogP contribution in [-0.2, 0) is 21.3 Å². The van der Waals surface area contributed by atoms with Gasteiger partial charge >= 0.3 is 35.4 Å². The summed E-state index contributed by atoms with van der Waals surface area (Å²) in [6.45, 7) is 0. The van der Waals surface area contributed by atoms with E-state index in [-0.39, 0.29) is 35.4 Å². The predicted octanol–water partition coefficient (Wildman–Crippen LogP) is -4.30. The Kier molecular flexibility index (Phi) is 16.6. The molecule has 1 aromatic carbocycles. The van der Waals surface area contributed by atoms with Crippen molar-refractivity contribution < 1.29 is 55.2 Å². The molecule has 0 heterocycles. The standard InChI is InChI=1S/C7H5O.CH2O3.Li.Ni/c8-6-7-4-2-1-3-5-7;2-1(3)4;;/h1-5H;(H2,2,3,4);;/q-1;;+1;+2/p-2. The van der Waals surface area contributed by atoms with Crippen molar-refractivity contribution in [2.24, 2.45) is 0 Å². The third kappa shape index (κ3) is 13.8. The quantitative estimate of drug-likeness (QED) is 0.361. The molecule has 0 bridgehead atoms. The molecule has 14 heavy (non-hydrogen) atoms. The molecule has 0 radical (unpaired) electrons. The normalized spacial score (nSPS) is 6.57. The average molecular weight is 231 g/mol. The van der Waals surface area contributed by atoms with Gasteiger partial charge in [0.25, 0.3) is 0 Å². The largest absolute Gasteiger partial charge is 2.00 e. The molecule has 6 heteroatoms. The summed E-state index contributed by atoms with van der Waals surface area (Å²) in [5, 5.41) is 16.7. The second-order valence-corrected chi connectivity index (χ2v) is 1.72. The Morgan fingerprint density at radius 3 is 1.71 bits per heavy atom. The Labute approximate surface area is 103 Å². The van der Waals surface area contributed by atoms with E-state index < -0.39 is 6.16 Å². The van der Waals surface area contributed by atoms with Crippen LogP contribution in [0, 0.1) is 0 Å². The van der Waals surface area contributed by atoms with Crippen LogP contribution in [0.2, 0.25) is 0 Å². The summed E-state index contributed by atoms with van der Waals surface area (Å²) in [5.74, 6) is 0. The molecule has 0 unspecified atom stereocenters. The molecule has 1 rings (SSSR count).